The number of carbonyl (C=O) groups is 2. The Morgan fingerprint density at radius 1 is 0.975 bits per heavy atom. The molecule has 0 spiro atoms. The maximum Gasteiger partial charge on any atom is 0.337 e. The number of carboxylic acids is 1. The van der Waals surface area contributed by atoms with Crippen molar-refractivity contribution in [2.24, 2.45) is 11.3 Å². The van der Waals surface area contributed by atoms with Crippen molar-refractivity contribution >= 4 is 34.5 Å². The molecule has 1 aliphatic carbocycles. The molecule has 1 aliphatic rings. The average molecular weight is 536 g/mol. The standard InChI is InChI=1S/C34H33NO5/c1-34(2,3)25-18-24(31-27(19-25)30(32(36)37)26-10-6-7-11-28(26)35-31)17-23-9-5-8-12-29(23)40-20-21-13-15-22(16-14-21)33(38)39-4/h5-17,25H,18-20H2,1-4H3,(H,36,37)/b24-17+/t25-/m0/s1. The summed E-state index contributed by atoms with van der Waals surface area (Å²) in [7, 11) is 1.36. The van der Waals surface area contributed by atoms with Gasteiger partial charge in [-0.15, -0.1) is 0 Å². The van der Waals surface area contributed by atoms with Gasteiger partial charge in [-0.05, 0) is 71.2 Å². The van der Waals surface area contributed by atoms with E-state index >= 15 is 0 Å². The maximum atomic E-state index is 12.6. The van der Waals surface area contributed by atoms with Gasteiger partial charge in [0, 0.05) is 10.9 Å². The number of hydrogen-bond acceptors (Lipinski definition) is 5. The largest absolute Gasteiger partial charge is 0.488 e. The number of rotatable bonds is 6. The van der Waals surface area contributed by atoms with Gasteiger partial charge in [0.25, 0.3) is 0 Å². The van der Waals surface area contributed by atoms with Crippen LogP contribution in [-0.2, 0) is 17.8 Å². The first-order valence-corrected chi connectivity index (χ1v) is 13.4. The highest BCUT2D eigenvalue weighted by atomic mass is 16.5. The van der Waals surface area contributed by atoms with Gasteiger partial charge in [0.2, 0.25) is 0 Å². The third-order valence-electron chi connectivity index (χ3n) is 7.67. The Balaban J connectivity index is 1.55. The van der Waals surface area contributed by atoms with E-state index in [-0.39, 0.29) is 17.3 Å². The minimum atomic E-state index is -0.925. The monoisotopic (exact) mass is 535 g/mol. The molecule has 40 heavy (non-hydrogen) atoms. The van der Waals surface area contributed by atoms with Crippen molar-refractivity contribution in [3.05, 3.63) is 106 Å². The number of carbonyl (C=O) groups excluding carboxylic acids is 1. The molecule has 1 atom stereocenters. The van der Waals surface area contributed by atoms with Gasteiger partial charge in [-0.25, -0.2) is 14.6 Å². The number of ether oxygens (including phenoxy) is 2. The number of aromatic nitrogens is 1. The first kappa shape index (κ1) is 27.1. The van der Waals surface area contributed by atoms with Gasteiger partial charge in [-0.3, -0.25) is 0 Å². The Bertz CT molecular complexity index is 1610. The van der Waals surface area contributed by atoms with Crippen LogP contribution in [0.4, 0.5) is 0 Å². The molecule has 6 nitrogen and oxygen atoms in total. The van der Waals surface area contributed by atoms with E-state index in [2.05, 4.69) is 26.8 Å². The predicted octanol–water partition coefficient (Wildman–Crippen LogP) is 7.45. The van der Waals surface area contributed by atoms with E-state index in [9.17, 15) is 14.7 Å². The van der Waals surface area contributed by atoms with Gasteiger partial charge >= 0.3 is 11.9 Å². The number of para-hydroxylation sites is 2. The summed E-state index contributed by atoms with van der Waals surface area (Å²) in [6, 6.07) is 22.4. The summed E-state index contributed by atoms with van der Waals surface area (Å²) in [5.74, 6) is -0.344. The number of esters is 1. The predicted molar refractivity (Wildman–Crippen MR) is 156 cm³/mol. The van der Waals surface area contributed by atoms with E-state index in [1.807, 2.05) is 60.7 Å². The lowest BCUT2D eigenvalue weighted by Crippen LogP contribution is -2.28. The molecule has 0 radical (unpaired) electrons. The molecule has 0 saturated carbocycles. The molecule has 0 aliphatic heterocycles. The first-order valence-electron chi connectivity index (χ1n) is 13.4. The number of fused-ring (bicyclic) bond motifs is 2. The lowest BCUT2D eigenvalue weighted by Gasteiger charge is -2.36. The van der Waals surface area contributed by atoms with Crippen molar-refractivity contribution in [3.63, 3.8) is 0 Å². The average Bonchev–Trinajstić information content (AvgIpc) is 2.94. The van der Waals surface area contributed by atoms with Gasteiger partial charge in [0.15, 0.2) is 0 Å². The van der Waals surface area contributed by atoms with Gasteiger partial charge in [-0.1, -0.05) is 69.3 Å². The van der Waals surface area contributed by atoms with Gasteiger partial charge in [-0.2, -0.15) is 0 Å². The minimum absolute atomic E-state index is 0.0232. The molecule has 6 heteroatoms. The molecule has 1 N–H and O–H groups in total. The smallest absolute Gasteiger partial charge is 0.337 e. The number of carboxylic acid groups (broad SMARTS) is 1. The molecule has 4 aromatic rings. The summed E-state index contributed by atoms with van der Waals surface area (Å²) < 4.78 is 11.0. The highest BCUT2D eigenvalue weighted by Gasteiger charge is 2.35. The third kappa shape index (κ3) is 5.48. The van der Waals surface area contributed by atoms with E-state index in [4.69, 9.17) is 14.5 Å². The van der Waals surface area contributed by atoms with Crippen molar-refractivity contribution < 1.29 is 24.2 Å². The number of methoxy groups -OCH3 is 1. The Hall–Kier alpha value is -4.45. The molecule has 1 aromatic heterocycles. The van der Waals surface area contributed by atoms with Crippen molar-refractivity contribution in [1.82, 2.24) is 4.98 Å². The van der Waals surface area contributed by atoms with Crippen LogP contribution in [0.15, 0.2) is 72.8 Å². The topological polar surface area (TPSA) is 85.7 Å². The van der Waals surface area contributed by atoms with Crippen molar-refractivity contribution in [2.45, 2.75) is 40.2 Å². The lowest BCUT2D eigenvalue weighted by molar-refractivity contribution is 0.0599. The van der Waals surface area contributed by atoms with E-state index in [0.717, 1.165) is 34.4 Å². The van der Waals surface area contributed by atoms with E-state index < -0.39 is 5.97 Å². The van der Waals surface area contributed by atoms with Crippen LogP contribution in [0.2, 0.25) is 0 Å². The second kappa shape index (κ2) is 11.0. The fourth-order valence-electron chi connectivity index (χ4n) is 5.32. The molecule has 0 fully saturated rings. The number of pyridine rings is 1. The zero-order valence-electron chi connectivity index (χ0n) is 23.2. The fraction of sp³-hybridized carbons (Fsp3) is 0.265. The van der Waals surface area contributed by atoms with Crippen LogP contribution in [-0.4, -0.2) is 29.1 Å². The molecule has 0 bridgehead atoms. The molecule has 0 saturated heterocycles. The Kier molecular flexibility index (Phi) is 7.44. The summed E-state index contributed by atoms with van der Waals surface area (Å²) in [4.78, 5) is 29.3. The van der Waals surface area contributed by atoms with Crippen LogP contribution in [0.3, 0.4) is 0 Å². The van der Waals surface area contributed by atoms with Gasteiger partial charge in [0.1, 0.15) is 12.4 Å². The third-order valence-corrected chi connectivity index (χ3v) is 7.67. The van der Waals surface area contributed by atoms with Crippen LogP contribution in [0.1, 0.15) is 70.3 Å². The van der Waals surface area contributed by atoms with Crippen molar-refractivity contribution in [3.8, 4) is 5.75 Å². The van der Waals surface area contributed by atoms with Gasteiger partial charge < -0.3 is 14.6 Å². The number of benzene rings is 3. The molecule has 204 valence electrons. The number of aromatic carboxylic acids is 1. The highest BCUT2D eigenvalue weighted by Crippen LogP contribution is 2.45. The number of allylic oxidation sites excluding steroid dienone is 1. The number of nitrogens with zero attached hydrogens (tertiary/aromatic N) is 1. The van der Waals surface area contributed by atoms with E-state index in [1.54, 1.807) is 12.1 Å². The molecule has 0 unspecified atom stereocenters. The van der Waals surface area contributed by atoms with Crippen LogP contribution >= 0.6 is 0 Å². The van der Waals surface area contributed by atoms with Crippen LogP contribution in [0.5, 0.6) is 5.75 Å². The summed E-state index contributed by atoms with van der Waals surface area (Å²) >= 11 is 0. The Morgan fingerprint density at radius 3 is 2.38 bits per heavy atom. The highest BCUT2D eigenvalue weighted by molar-refractivity contribution is 6.06. The zero-order chi connectivity index (χ0) is 28.4. The SMILES string of the molecule is COC(=O)c1ccc(COc2ccccc2/C=C2\C[C@H](C(C)(C)C)Cc3c2nc2ccccc2c3C(=O)O)cc1. The minimum Gasteiger partial charge on any atom is -0.488 e. The number of hydrogen-bond donors (Lipinski definition) is 1. The van der Waals surface area contributed by atoms with E-state index in [1.165, 1.54) is 7.11 Å². The molecule has 3 aromatic carbocycles. The quantitative estimate of drug-likeness (QED) is 0.258. The summed E-state index contributed by atoms with van der Waals surface area (Å²) in [5.41, 5.74) is 5.87. The normalized spacial score (nSPS) is 16.0. The molecule has 5 rings (SSSR count). The van der Waals surface area contributed by atoms with Crippen LogP contribution < -0.4 is 4.74 Å². The van der Waals surface area contributed by atoms with Crippen molar-refractivity contribution in [1.29, 1.82) is 0 Å². The van der Waals surface area contributed by atoms with Gasteiger partial charge in [0.05, 0.1) is 29.4 Å². The fourth-order valence-corrected chi connectivity index (χ4v) is 5.32. The van der Waals surface area contributed by atoms with Crippen molar-refractivity contribution in [2.75, 3.05) is 7.11 Å². The lowest BCUT2D eigenvalue weighted by atomic mass is 9.69. The molecular formula is C34H33NO5. The first-order chi connectivity index (χ1) is 19.2. The summed E-state index contributed by atoms with van der Waals surface area (Å²) in [6.07, 6.45) is 3.54. The second-order valence-corrected chi connectivity index (χ2v) is 11.3. The van der Waals surface area contributed by atoms with E-state index in [0.29, 0.717) is 40.8 Å². The molecular weight excluding hydrogens is 502 g/mol. The van der Waals surface area contributed by atoms with Crippen LogP contribution in [0.25, 0.3) is 22.6 Å². The molecule has 0 amide bonds. The zero-order valence-corrected chi connectivity index (χ0v) is 23.2. The second-order valence-electron chi connectivity index (χ2n) is 11.3. The summed E-state index contributed by atoms with van der Waals surface area (Å²) in [6.45, 7) is 6.95. The summed E-state index contributed by atoms with van der Waals surface area (Å²) in [5, 5.41) is 11.0. The Morgan fingerprint density at radius 2 is 1.68 bits per heavy atom. The Labute approximate surface area is 234 Å². The maximum absolute atomic E-state index is 12.6. The van der Waals surface area contributed by atoms with Crippen LogP contribution in [0, 0.1) is 11.3 Å². The molecule has 1 heterocycles.